The molecule has 2 aliphatic carbocycles. The molecule has 2 aromatic rings. The van der Waals surface area contributed by atoms with Crippen molar-refractivity contribution in [2.24, 2.45) is 5.73 Å². The molecule has 1 unspecified atom stereocenters. The minimum atomic E-state index is -3.63. The van der Waals surface area contributed by atoms with E-state index in [0.29, 0.717) is 6.54 Å². The SMILES string of the molecule is N=S(=O)(NC(=O)Nc1c2c(cc3c1CCC3)CCC2)c1cnn2c1OC[C@@H](N)C2. The Morgan fingerprint density at radius 1 is 1.24 bits per heavy atom. The fraction of sp³-hybridized carbons (Fsp3) is 0.474. The first-order chi connectivity index (χ1) is 13.9. The number of fused-ring (bicyclic) bond motifs is 3. The maximum Gasteiger partial charge on any atom is 0.331 e. The van der Waals surface area contributed by atoms with Crippen molar-refractivity contribution < 1.29 is 13.7 Å². The van der Waals surface area contributed by atoms with Crippen LogP contribution in [-0.4, -0.2) is 32.7 Å². The number of urea groups is 1. The molecular formula is C19H24N6O3S. The second-order valence-corrected chi connectivity index (χ2v) is 9.67. The van der Waals surface area contributed by atoms with Crippen LogP contribution < -0.4 is 20.5 Å². The zero-order chi connectivity index (χ0) is 20.2. The Balaban J connectivity index is 1.40. The maximum atomic E-state index is 13.0. The average Bonchev–Trinajstić information content (AvgIpc) is 3.39. The van der Waals surface area contributed by atoms with Gasteiger partial charge in [0.2, 0.25) is 5.88 Å². The van der Waals surface area contributed by atoms with Crippen molar-refractivity contribution in [3.8, 4) is 5.88 Å². The van der Waals surface area contributed by atoms with Gasteiger partial charge in [-0.1, -0.05) is 6.07 Å². The first-order valence-corrected chi connectivity index (χ1v) is 11.5. The molecule has 5 rings (SSSR count). The van der Waals surface area contributed by atoms with Crippen molar-refractivity contribution in [2.75, 3.05) is 11.9 Å². The molecule has 9 nitrogen and oxygen atoms in total. The molecule has 3 aliphatic rings. The van der Waals surface area contributed by atoms with E-state index in [1.54, 1.807) is 0 Å². The molecule has 2 atom stereocenters. The van der Waals surface area contributed by atoms with Gasteiger partial charge < -0.3 is 15.8 Å². The first-order valence-electron chi connectivity index (χ1n) is 9.90. The number of ether oxygens (including phenoxy) is 1. The van der Waals surface area contributed by atoms with Crippen molar-refractivity contribution in [2.45, 2.75) is 56.0 Å². The molecule has 0 radical (unpaired) electrons. The highest BCUT2D eigenvalue weighted by atomic mass is 32.2. The van der Waals surface area contributed by atoms with Crippen LogP contribution in [0.2, 0.25) is 0 Å². The van der Waals surface area contributed by atoms with Crippen LogP contribution >= 0.6 is 0 Å². The molecule has 0 saturated heterocycles. The van der Waals surface area contributed by atoms with Gasteiger partial charge in [-0.3, -0.25) is 0 Å². The van der Waals surface area contributed by atoms with Gasteiger partial charge in [0.1, 0.15) is 11.5 Å². The molecule has 1 aromatic carbocycles. The molecule has 5 N–H and O–H groups in total. The second-order valence-electron chi connectivity index (χ2n) is 7.91. The van der Waals surface area contributed by atoms with Crippen LogP contribution in [0.1, 0.15) is 35.1 Å². The van der Waals surface area contributed by atoms with Crippen molar-refractivity contribution in [3.05, 3.63) is 34.5 Å². The second kappa shape index (κ2) is 6.74. The number of rotatable bonds is 3. The van der Waals surface area contributed by atoms with Crippen LogP contribution in [0, 0.1) is 4.78 Å². The predicted molar refractivity (Wildman–Crippen MR) is 107 cm³/mol. The maximum absolute atomic E-state index is 13.0. The highest BCUT2D eigenvalue weighted by Gasteiger charge is 2.29. The number of benzene rings is 1. The van der Waals surface area contributed by atoms with E-state index in [1.165, 1.54) is 33.1 Å². The van der Waals surface area contributed by atoms with E-state index in [1.807, 2.05) is 0 Å². The lowest BCUT2D eigenvalue weighted by atomic mass is 9.99. The number of nitrogens with one attached hydrogen (secondary N) is 3. The molecule has 0 fully saturated rings. The van der Waals surface area contributed by atoms with Gasteiger partial charge in [0.15, 0.2) is 9.92 Å². The van der Waals surface area contributed by atoms with Crippen LogP contribution in [0.15, 0.2) is 17.2 Å². The number of anilines is 1. The lowest BCUT2D eigenvalue weighted by Gasteiger charge is -2.22. The van der Waals surface area contributed by atoms with Gasteiger partial charge in [-0.05, 0) is 60.8 Å². The summed E-state index contributed by atoms with van der Waals surface area (Å²) in [6.07, 6.45) is 7.36. The monoisotopic (exact) mass is 416 g/mol. The summed E-state index contributed by atoms with van der Waals surface area (Å²) in [5, 5.41) is 7.01. The molecule has 0 saturated carbocycles. The fourth-order valence-corrected chi connectivity index (χ4v) is 5.61. The van der Waals surface area contributed by atoms with Gasteiger partial charge in [0, 0.05) is 5.69 Å². The van der Waals surface area contributed by atoms with Gasteiger partial charge in [0.25, 0.3) is 0 Å². The number of hydrogen-bond donors (Lipinski definition) is 4. The third-order valence-electron chi connectivity index (χ3n) is 5.86. The van der Waals surface area contributed by atoms with E-state index in [4.69, 9.17) is 15.3 Å². The van der Waals surface area contributed by atoms with Crippen LogP contribution in [0.25, 0.3) is 0 Å². The summed E-state index contributed by atoms with van der Waals surface area (Å²) in [4.78, 5) is 12.8. The van der Waals surface area contributed by atoms with Crippen molar-refractivity contribution in [1.29, 1.82) is 4.78 Å². The Hall–Kier alpha value is -2.59. The molecular weight excluding hydrogens is 392 g/mol. The Kier molecular flexibility index (Phi) is 4.28. The van der Waals surface area contributed by atoms with Gasteiger partial charge in [-0.15, -0.1) is 0 Å². The molecule has 0 bridgehead atoms. The zero-order valence-electron chi connectivity index (χ0n) is 16.0. The predicted octanol–water partition coefficient (Wildman–Crippen LogP) is 1.72. The van der Waals surface area contributed by atoms with Crippen molar-refractivity contribution in [3.63, 3.8) is 0 Å². The molecule has 1 aliphatic heterocycles. The Labute approximate surface area is 169 Å². The van der Waals surface area contributed by atoms with E-state index in [0.717, 1.165) is 44.2 Å². The van der Waals surface area contributed by atoms with Crippen molar-refractivity contribution in [1.82, 2.24) is 14.5 Å². The molecule has 10 heteroatoms. The Morgan fingerprint density at radius 3 is 2.62 bits per heavy atom. The molecule has 2 heterocycles. The van der Waals surface area contributed by atoms with E-state index >= 15 is 0 Å². The molecule has 29 heavy (non-hydrogen) atoms. The number of amides is 2. The highest BCUT2D eigenvalue weighted by molar-refractivity contribution is 7.91. The number of carbonyl (C=O) groups is 1. The van der Waals surface area contributed by atoms with Crippen LogP contribution in [0.3, 0.4) is 0 Å². The summed E-state index contributed by atoms with van der Waals surface area (Å²) in [5.41, 5.74) is 11.6. The quantitative estimate of drug-likeness (QED) is 0.604. The zero-order valence-corrected chi connectivity index (χ0v) is 16.8. The largest absolute Gasteiger partial charge is 0.475 e. The number of hydrogen-bond acceptors (Lipinski definition) is 6. The molecule has 0 spiro atoms. The van der Waals surface area contributed by atoms with E-state index < -0.39 is 15.9 Å². The number of nitrogens with zero attached hydrogens (tertiary/aromatic N) is 2. The van der Waals surface area contributed by atoms with Gasteiger partial charge in [-0.2, -0.15) is 5.10 Å². The number of nitrogens with two attached hydrogens (primary N) is 1. The summed E-state index contributed by atoms with van der Waals surface area (Å²) in [5.74, 6) is 0.230. The van der Waals surface area contributed by atoms with Crippen molar-refractivity contribution >= 4 is 21.6 Å². The fourth-order valence-electron chi connectivity index (χ4n) is 4.58. The summed E-state index contributed by atoms with van der Waals surface area (Å²) < 4.78 is 30.6. The van der Waals surface area contributed by atoms with Gasteiger partial charge >= 0.3 is 6.03 Å². The van der Waals surface area contributed by atoms with Gasteiger partial charge in [-0.25, -0.2) is 23.2 Å². The lowest BCUT2D eigenvalue weighted by Crippen LogP contribution is -2.38. The molecule has 1 aromatic heterocycles. The highest BCUT2D eigenvalue weighted by Crippen LogP contribution is 2.38. The third-order valence-corrected chi connectivity index (χ3v) is 7.23. The first kappa shape index (κ1) is 18.4. The summed E-state index contributed by atoms with van der Waals surface area (Å²) >= 11 is 0. The Morgan fingerprint density at radius 2 is 1.93 bits per heavy atom. The third kappa shape index (κ3) is 3.16. The standard InChI is InChI=1S/C19H24N6O3S/c20-13-9-25-18(28-10-13)16(8-22-25)29(21,27)24-19(26)23-17-14-5-1-3-11(14)7-12-4-2-6-15(12)17/h7-8,13H,1-6,9-10,20H2,(H3,21,23,24,26,27)/t13-,29?/m0/s1. The number of carbonyl (C=O) groups excluding carboxylic acids is 1. The normalized spacial score (nSPS) is 21.5. The minimum absolute atomic E-state index is 0.0584. The molecule has 2 amide bonds. The van der Waals surface area contributed by atoms with E-state index in [9.17, 15) is 9.00 Å². The number of aromatic nitrogens is 2. The van der Waals surface area contributed by atoms with Crippen LogP contribution in [-0.2, 0) is 42.1 Å². The summed E-state index contributed by atoms with van der Waals surface area (Å²) in [7, 11) is -3.63. The lowest BCUT2D eigenvalue weighted by molar-refractivity contribution is 0.200. The molecule has 154 valence electrons. The topological polar surface area (TPSA) is 135 Å². The van der Waals surface area contributed by atoms with E-state index in [-0.39, 0.29) is 23.4 Å². The van der Waals surface area contributed by atoms with E-state index in [2.05, 4.69) is 21.2 Å². The van der Waals surface area contributed by atoms with Gasteiger partial charge in [0.05, 0.1) is 18.8 Å². The minimum Gasteiger partial charge on any atom is -0.475 e. The smallest absolute Gasteiger partial charge is 0.331 e. The Bertz CT molecular complexity index is 1080. The number of aryl methyl sites for hydroxylation is 2. The van der Waals surface area contributed by atoms with Crippen LogP contribution in [0.4, 0.5) is 10.5 Å². The van der Waals surface area contributed by atoms with Crippen LogP contribution in [0.5, 0.6) is 5.88 Å². The summed E-state index contributed by atoms with van der Waals surface area (Å²) in [6, 6.07) is 1.42. The average molecular weight is 417 g/mol. The summed E-state index contributed by atoms with van der Waals surface area (Å²) in [6.45, 7) is 0.669.